The Labute approximate surface area is 137 Å². The minimum absolute atomic E-state index is 0.0345. The Hall–Kier alpha value is -2.24. The highest BCUT2D eigenvalue weighted by atomic mass is 15.3. The maximum atomic E-state index is 4.50. The fourth-order valence-electron chi connectivity index (χ4n) is 2.62. The Bertz CT molecular complexity index is 654. The third kappa shape index (κ3) is 3.57. The number of piperazine rings is 1. The van der Waals surface area contributed by atoms with Gasteiger partial charge in [-0.1, -0.05) is 20.8 Å². The Morgan fingerprint density at radius 1 is 0.913 bits per heavy atom. The smallest absolute Gasteiger partial charge is 0.225 e. The largest absolute Gasteiger partial charge is 0.352 e. The van der Waals surface area contributed by atoms with Crippen LogP contribution in [0.2, 0.25) is 0 Å². The van der Waals surface area contributed by atoms with Crippen LogP contribution in [0.5, 0.6) is 0 Å². The highest BCUT2D eigenvalue weighted by Crippen LogP contribution is 2.21. The van der Waals surface area contributed by atoms with Gasteiger partial charge in [-0.25, -0.2) is 9.97 Å². The van der Waals surface area contributed by atoms with Gasteiger partial charge in [-0.2, -0.15) is 5.10 Å². The molecule has 0 bridgehead atoms. The second-order valence-corrected chi connectivity index (χ2v) is 7.00. The zero-order chi connectivity index (χ0) is 16.4. The highest BCUT2D eigenvalue weighted by Gasteiger charge is 2.21. The number of aryl methyl sites for hydroxylation is 1. The Kier molecular flexibility index (Phi) is 4.15. The second-order valence-electron chi connectivity index (χ2n) is 7.00. The molecule has 1 saturated heterocycles. The van der Waals surface area contributed by atoms with Crippen molar-refractivity contribution < 1.29 is 0 Å². The van der Waals surface area contributed by atoms with Gasteiger partial charge in [0.1, 0.15) is 0 Å². The SMILES string of the molecule is Cc1ccnc(N2CCN(c3ccc(C(C)(C)C)nn3)CC2)n1. The summed E-state index contributed by atoms with van der Waals surface area (Å²) in [4.78, 5) is 13.4. The summed E-state index contributed by atoms with van der Waals surface area (Å²) < 4.78 is 0. The summed E-state index contributed by atoms with van der Waals surface area (Å²) in [6.07, 6.45) is 1.82. The summed E-state index contributed by atoms with van der Waals surface area (Å²) in [5, 5.41) is 8.79. The van der Waals surface area contributed by atoms with Gasteiger partial charge in [0.15, 0.2) is 5.82 Å². The summed E-state index contributed by atoms with van der Waals surface area (Å²) in [6, 6.07) is 6.08. The van der Waals surface area contributed by atoms with Gasteiger partial charge in [-0.05, 0) is 25.1 Å². The fourth-order valence-corrected chi connectivity index (χ4v) is 2.62. The van der Waals surface area contributed by atoms with Crippen molar-refractivity contribution in [2.45, 2.75) is 33.1 Å². The van der Waals surface area contributed by atoms with Crippen molar-refractivity contribution in [3.8, 4) is 0 Å². The average Bonchev–Trinajstić information content (AvgIpc) is 2.54. The zero-order valence-electron chi connectivity index (χ0n) is 14.3. The van der Waals surface area contributed by atoms with E-state index in [4.69, 9.17) is 0 Å². The van der Waals surface area contributed by atoms with E-state index in [-0.39, 0.29) is 5.41 Å². The number of hydrogen-bond donors (Lipinski definition) is 0. The minimum atomic E-state index is 0.0345. The summed E-state index contributed by atoms with van der Waals surface area (Å²) >= 11 is 0. The molecule has 23 heavy (non-hydrogen) atoms. The van der Waals surface area contributed by atoms with E-state index in [1.165, 1.54) is 0 Å². The van der Waals surface area contributed by atoms with Crippen LogP contribution < -0.4 is 9.80 Å². The summed E-state index contributed by atoms with van der Waals surface area (Å²) in [5.41, 5.74) is 2.06. The lowest BCUT2D eigenvalue weighted by Crippen LogP contribution is -2.47. The topological polar surface area (TPSA) is 58.0 Å². The molecule has 6 heteroatoms. The number of nitrogens with zero attached hydrogens (tertiary/aromatic N) is 6. The molecule has 3 heterocycles. The molecular weight excluding hydrogens is 288 g/mol. The van der Waals surface area contributed by atoms with E-state index >= 15 is 0 Å². The lowest BCUT2D eigenvalue weighted by molar-refractivity contribution is 0.555. The molecule has 1 aliphatic rings. The van der Waals surface area contributed by atoms with Gasteiger partial charge in [0.2, 0.25) is 5.95 Å². The van der Waals surface area contributed by atoms with E-state index in [2.05, 4.69) is 62.9 Å². The van der Waals surface area contributed by atoms with Crippen LogP contribution in [0, 0.1) is 6.92 Å². The van der Waals surface area contributed by atoms with Crippen LogP contribution in [0.3, 0.4) is 0 Å². The van der Waals surface area contributed by atoms with Gasteiger partial charge in [0, 0.05) is 43.5 Å². The molecule has 2 aromatic heterocycles. The number of aromatic nitrogens is 4. The van der Waals surface area contributed by atoms with Crippen molar-refractivity contribution in [2.24, 2.45) is 0 Å². The molecule has 6 nitrogen and oxygen atoms in total. The predicted octanol–water partition coefficient (Wildman–Crippen LogP) is 2.20. The third-order valence-corrected chi connectivity index (χ3v) is 4.09. The summed E-state index contributed by atoms with van der Waals surface area (Å²) in [5.74, 6) is 1.77. The molecule has 0 aliphatic carbocycles. The second kappa shape index (κ2) is 6.10. The standard InChI is InChI=1S/C17H24N6/c1-13-7-8-18-16(19-13)23-11-9-22(10-12-23)15-6-5-14(20-21-15)17(2,3)4/h5-8H,9-12H2,1-4H3. The van der Waals surface area contributed by atoms with Crippen molar-refractivity contribution in [1.82, 2.24) is 20.2 Å². The maximum Gasteiger partial charge on any atom is 0.225 e. The molecule has 0 saturated carbocycles. The van der Waals surface area contributed by atoms with E-state index in [1.54, 1.807) is 0 Å². The molecule has 0 atom stereocenters. The maximum absolute atomic E-state index is 4.50. The van der Waals surface area contributed by atoms with Gasteiger partial charge < -0.3 is 9.80 Å². The van der Waals surface area contributed by atoms with Gasteiger partial charge in [0.05, 0.1) is 5.69 Å². The van der Waals surface area contributed by atoms with Gasteiger partial charge in [0.25, 0.3) is 0 Å². The molecule has 1 aliphatic heterocycles. The molecule has 0 radical (unpaired) electrons. The Balaban J connectivity index is 1.65. The lowest BCUT2D eigenvalue weighted by Gasteiger charge is -2.35. The first-order valence-corrected chi connectivity index (χ1v) is 8.07. The minimum Gasteiger partial charge on any atom is -0.352 e. The van der Waals surface area contributed by atoms with E-state index < -0.39 is 0 Å². The molecule has 1 fully saturated rings. The molecule has 0 N–H and O–H groups in total. The highest BCUT2D eigenvalue weighted by molar-refractivity contribution is 5.42. The molecule has 2 aromatic rings. The molecule has 0 amide bonds. The van der Waals surface area contributed by atoms with Crippen molar-refractivity contribution in [2.75, 3.05) is 36.0 Å². The monoisotopic (exact) mass is 312 g/mol. The van der Waals surface area contributed by atoms with Crippen molar-refractivity contribution >= 4 is 11.8 Å². The molecule has 0 unspecified atom stereocenters. The number of anilines is 2. The normalized spacial score (nSPS) is 15.8. The summed E-state index contributed by atoms with van der Waals surface area (Å²) in [7, 11) is 0. The van der Waals surface area contributed by atoms with E-state index in [0.29, 0.717) is 0 Å². The summed E-state index contributed by atoms with van der Waals surface area (Å²) in [6.45, 7) is 12.0. The zero-order valence-corrected chi connectivity index (χ0v) is 14.3. The van der Waals surface area contributed by atoms with Crippen LogP contribution in [-0.2, 0) is 5.41 Å². The molecule has 0 aromatic carbocycles. The fraction of sp³-hybridized carbons (Fsp3) is 0.529. The molecule has 0 spiro atoms. The molecular formula is C17H24N6. The van der Waals surface area contributed by atoms with Crippen LogP contribution in [0.25, 0.3) is 0 Å². The van der Waals surface area contributed by atoms with E-state index in [1.807, 2.05) is 19.2 Å². The Morgan fingerprint density at radius 2 is 1.61 bits per heavy atom. The van der Waals surface area contributed by atoms with Crippen molar-refractivity contribution in [3.63, 3.8) is 0 Å². The van der Waals surface area contributed by atoms with Gasteiger partial charge in [-0.15, -0.1) is 5.10 Å². The quantitative estimate of drug-likeness (QED) is 0.847. The van der Waals surface area contributed by atoms with E-state index in [0.717, 1.165) is 49.3 Å². The Morgan fingerprint density at radius 3 is 2.17 bits per heavy atom. The first kappa shape index (κ1) is 15.6. The molecule has 3 rings (SSSR count). The number of hydrogen-bond acceptors (Lipinski definition) is 6. The third-order valence-electron chi connectivity index (χ3n) is 4.09. The van der Waals surface area contributed by atoms with Gasteiger partial charge >= 0.3 is 0 Å². The first-order valence-electron chi connectivity index (χ1n) is 8.07. The van der Waals surface area contributed by atoms with Crippen LogP contribution >= 0.6 is 0 Å². The van der Waals surface area contributed by atoms with Crippen molar-refractivity contribution in [1.29, 1.82) is 0 Å². The van der Waals surface area contributed by atoms with Crippen LogP contribution in [0.4, 0.5) is 11.8 Å². The van der Waals surface area contributed by atoms with Crippen LogP contribution in [0.1, 0.15) is 32.2 Å². The first-order chi connectivity index (χ1) is 10.9. The van der Waals surface area contributed by atoms with E-state index in [9.17, 15) is 0 Å². The number of rotatable bonds is 2. The van der Waals surface area contributed by atoms with Crippen LogP contribution in [0.15, 0.2) is 24.4 Å². The van der Waals surface area contributed by atoms with Gasteiger partial charge in [-0.3, -0.25) is 0 Å². The van der Waals surface area contributed by atoms with Crippen LogP contribution in [-0.4, -0.2) is 46.3 Å². The lowest BCUT2D eigenvalue weighted by atomic mass is 9.92. The average molecular weight is 312 g/mol. The van der Waals surface area contributed by atoms with Crippen molar-refractivity contribution in [3.05, 3.63) is 35.8 Å². The molecule has 122 valence electrons. The predicted molar refractivity (Wildman–Crippen MR) is 91.9 cm³/mol.